The van der Waals surface area contributed by atoms with E-state index in [1.54, 1.807) is 0 Å². The molecule has 1 aliphatic rings. The van der Waals surface area contributed by atoms with E-state index in [0.717, 1.165) is 24.9 Å². The topological polar surface area (TPSA) is 24.5 Å². The number of likely N-dealkylation sites (N-methyl/N-ethyl adjacent to an activating group) is 2. The molecule has 1 aromatic rings. The van der Waals surface area contributed by atoms with Gasteiger partial charge < -0.3 is 15.0 Å². The number of ether oxygens (including phenoxy) is 1. The summed E-state index contributed by atoms with van der Waals surface area (Å²) < 4.78 is 5.47. The third kappa shape index (κ3) is 3.47. The fourth-order valence-corrected chi connectivity index (χ4v) is 2.28. The van der Waals surface area contributed by atoms with Gasteiger partial charge in [-0.1, -0.05) is 12.1 Å². The van der Waals surface area contributed by atoms with E-state index >= 15 is 0 Å². The second kappa shape index (κ2) is 6.21. The largest absolute Gasteiger partial charge is 0.494 e. The fourth-order valence-electron chi connectivity index (χ4n) is 2.28. The predicted octanol–water partition coefficient (Wildman–Crippen LogP) is 2.44. The Kier molecular flexibility index (Phi) is 4.61. The van der Waals surface area contributed by atoms with Crippen LogP contribution in [0.1, 0.15) is 31.4 Å². The van der Waals surface area contributed by atoms with E-state index in [1.165, 1.54) is 18.4 Å². The van der Waals surface area contributed by atoms with Gasteiger partial charge in [-0.3, -0.25) is 0 Å². The number of benzene rings is 1. The van der Waals surface area contributed by atoms with Gasteiger partial charge in [-0.05, 0) is 51.6 Å². The maximum absolute atomic E-state index is 5.47. The molecule has 1 aliphatic carbocycles. The van der Waals surface area contributed by atoms with Crippen molar-refractivity contribution in [3.8, 4) is 5.75 Å². The summed E-state index contributed by atoms with van der Waals surface area (Å²) in [7, 11) is 4.25. The number of rotatable bonds is 7. The first-order valence-electron chi connectivity index (χ1n) is 6.85. The summed E-state index contributed by atoms with van der Waals surface area (Å²) in [6.07, 6.45) is 2.71. The molecule has 0 aliphatic heterocycles. The first-order chi connectivity index (χ1) is 8.74. The maximum Gasteiger partial charge on any atom is 0.119 e. The van der Waals surface area contributed by atoms with Gasteiger partial charge in [-0.15, -0.1) is 0 Å². The molecule has 2 rings (SSSR count). The number of hydrogen-bond acceptors (Lipinski definition) is 3. The SMILES string of the molecule is CCOc1ccc(C(CN(C)C2CC2)NC)cc1. The number of nitrogens with zero attached hydrogens (tertiary/aromatic N) is 1. The molecule has 3 heteroatoms. The highest BCUT2D eigenvalue weighted by Gasteiger charge is 2.27. The summed E-state index contributed by atoms with van der Waals surface area (Å²) in [6, 6.07) is 9.63. The van der Waals surface area contributed by atoms with Crippen molar-refractivity contribution in [3.05, 3.63) is 29.8 Å². The van der Waals surface area contributed by atoms with E-state index < -0.39 is 0 Å². The van der Waals surface area contributed by atoms with Crippen molar-refractivity contribution in [2.24, 2.45) is 0 Å². The lowest BCUT2D eigenvalue weighted by atomic mass is 10.1. The summed E-state index contributed by atoms with van der Waals surface area (Å²) in [4.78, 5) is 2.46. The molecule has 100 valence electrons. The molecular weight excluding hydrogens is 224 g/mol. The highest BCUT2D eigenvalue weighted by atomic mass is 16.5. The first-order valence-corrected chi connectivity index (χ1v) is 6.85. The van der Waals surface area contributed by atoms with E-state index in [4.69, 9.17) is 4.74 Å². The van der Waals surface area contributed by atoms with Crippen LogP contribution in [0, 0.1) is 0 Å². The van der Waals surface area contributed by atoms with Crippen molar-refractivity contribution < 1.29 is 4.74 Å². The van der Waals surface area contributed by atoms with Gasteiger partial charge in [0.2, 0.25) is 0 Å². The zero-order valence-corrected chi connectivity index (χ0v) is 11.6. The molecule has 0 aromatic heterocycles. The van der Waals surface area contributed by atoms with Crippen LogP contribution in [-0.2, 0) is 0 Å². The number of hydrogen-bond donors (Lipinski definition) is 1. The molecule has 1 aromatic carbocycles. The average Bonchev–Trinajstić information content (AvgIpc) is 3.21. The molecule has 18 heavy (non-hydrogen) atoms. The monoisotopic (exact) mass is 248 g/mol. The van der Waals surface area contributed by atoms with Crippen LogP contribution in [0.3, 0.4) is 0 Å². The lowest BCUT2D eigenvalue weighted by molar-refractivity contribution is 0.287. The molecule has 0 saturated heterocycles. The normalized spacial score (nSPS) is 16.9. The van der Waals surface area contributed by atoms with E-state index in [-0.39, 0.29) is 0 Å². The smallest absolute Gasteiger partial charge is 0.119 e. The lowest BCUT2D eigenvalue weighted by Crippen LogP contribution is -2.32. The molecule has 3 nitrogen and oxygen atoms in total. The summed E-state index contributed by atoms with van der Waals surface area (Å²) in [5.74, 6) is 0.951. The van der Waals surface area contributed by atoms with E-state index in [2.05, 4.69) is 41.5 Å². The molecule has 1 atom stereocenters. The zero-order chi connectivity index (χ0) is 13.0. The second-order valence-corrected chi connectivity index (χ2v) is 5.01. The Morgan fingerprint density at radius 3 is 2.50 bits per heavy atom. The van der Waals surface area contributed by atoms with Gasteiger partial charge in [-0.25, -0.2) is 0 Å². The van der Waals surface area contributed by atoms with Crippen LogP contribution in [0.2, 0.25) is 0 Å². The lowest BCUT2D eigenvalue weighted by Gasteiger charge is -2.24. The van der Waals surface area contributed by atoms with E-state index in [9.17, 15) is 0 Å². The van der Waals surface area contributed by atoms with Gasteiger partial charge in [0.05, 0.1) is 6.61 Å². The molecular formula is C15H24N2O. The summed E-state index contributed by atoms with van der Waals surface area (Å²) in [5, 5.41) is 3.40. The third-order valence-corrected chi connectivity index (χ3v) is 3.58. The minimum absolute atomic E-state index is 0.395. The molecule has 1 saturated carbocycles. The Morgan fingerprint density at radius 2 is 2.00 bits per heavy atom. The average molecular weight is 248 g/mol. The molecule has 1 fully saturated rings. The van der Waals surface area contributed by atoms with Crippen LogP contribution >= 0.6 is 0 Å². The third-order valence-electron chi connectivity index (χ3n) is 3.58. The zero-order valence-electron chi connectivity index (χ0n) is 11.6. The Hall–Kier alpha value is -1.06. The summed E-state index contributed by atoms with van der Waals surface area (Å²) in [6.45, 7) is 3.79. The van der Waals surface area contributed by atoms with Crippen molar-refractivity contribution in [1.29, 1.82) is 0 Å². The Morgan fingerprint density at radius 1 is 1.33 bits per heavy atom. The van der Waals surface area contributed by atoms with Crippen LogP contribution in [0.15, 0.2) is 24.3 Å². The van der Waals surface area contributed by atoms with Gasteiger partial charge in [-0.2, -0.15) is 0 Å². The molecule has 0 radical (unpaired) electrons. The van der Waals surface area contributed by atoms with Crippen LogP contribution in [-0.4, -0.2) is 38.2 Å². The van der Waals surface area contributed by atoms with Gasteiger partial charge in [0.15, 0.2) is 0 Å². The van der Waals surface area contributed by atoms with E-state index in [0.29, 0.717) is 6.04 Å². The van der Waals surface area contributed by atoms with E-state index in [1.807, 2.05) is 14.0 Å². The predicted molar refractivity (Wildman–Crippen MR) is 75.1 cm³/mol. The maximum atomic E-state index is 5.47. The summed E-state index contributed by atoms with van der Waals surface area (Å²) >= 11 is 0. The molecule has 0 spiro atoms. The fraction of sp³-hybridized carbons (Fsp3) is 0.600. The van der Waals surface area contributed by atoms with Gasteiger partial charge in [0.25, 0.3) is 0 Å². The number of nitrogens with one attached hydrogen (secondary N) is 1. The molecule has 0 heterocycles. The standard InChI is InChI=1S/C15H24N2O/c1-4-18-14-9-5-12(6-10-14)15(16-2)11-17(3)13-7-8-13/h5-6,9-10,13,15-16H,4,7-8,11H2,1-3H3. The Balaban J connectivity index is 1.97. The molecule has 0 bridgehead atoms. The van der Waals surface area contributed by atoms with Crippen molar-refractivity contribution in [2.75, 3.05) is 27.2 Å². The minimum atomic E-state index is 0.395. The first kappa shape index (κ1) is 13.4. The molecule has 1 unspecified atom stereocenters. The van der Waals surface area contributed by atoms with Gasteiger partial charge >= 0.3 is 0 Å². The quantitative estimate of drug-likeness (QED) is 0.802. The highest BCUT2D eigenvalue weighted by molar-refractivity contribution is 5.29. The van der Waals surface area contributed by atoms with Crippen molar-refractivity contribution in [2.45, 2.75) is 31.8 Å². The molecule has 0 amide bonds. The Labute approximate surface area is 110 Å². The van der Waals surface area contributed by atoms with Crippen LogP contribution < -0.4 is 10.1 Å². The second-order valence-electron chi connectivity index (χ2n) is 5.01. The van der Waals surface area contributed by atoms with Crippen molar-refractivity contribution in [3.63, 3.8) is 0 Å². The van der Waals surface area contributed by atoms with Crippen LogP contribution in [0.25, 0.3) is 0 Å². The minimum Gasteiger partial charge on any atom is -0.494 e. The van der Waals surface area contributed by atoms with Crippen molar-refractivity contribution in [1.82, 2.24) is 10.2 Å². The van der Waals surface area contributed by atoms with Gasteiger partial charge in [0.1, 0.15) is 5.75 Å². The van der Waals surface area contributed by atoms with Crippen LogP contribution in [0.5, 0.6) is 5.75 Å². The van der Waals surface area contributed by atoms with Crippen molar-refractivity contribution >= 4 is 0 Å². The molecule has 1 N–H and O–H groups in total. The highest BCUT2D eigenvalue weighted by Crippen LogP contribution is 2.27. The summed E-state index contributed by atoms with van der Waals surface area (Å²) in [5.41, 5.74) is 1.33. The Bertz CT molecular complexity index is 359. The van der Waals surface area contributed by atoms with Gasteiger partial charge in [0, 0.05) is 18.6 Å². The van der Waals surface area contributed by atoms with Crippen LogP contribution in [0.4, 0.5) is 0 Å².